The quantitative estimate of drug-likeness (QED) is 0.730. The summed E-state index contributed by atoms with van der Waals surface area (Å²) < 4.78 is 0. The van der Waals surface area contributed by atoms with E-state index in [1.165, 1.54) is 38.6 Å². The molecule has 0 N–H and O–H groups in total. The Bertz CT molecular complexity index is 303. The van der Waals surface area contributed by atoms with E-state index in [9.17, 15) is 5.26 Å². The summed E-state index contributed by atoms with van der Waals surface area (Å²) >= 11 is 0. The van der Waals surface area contributed by atoms with Gasteiger partial charge in [0.1, 0.15) is 0 Å². The van der Waals surface area contributed by atoms with Gasteiger partial charge in [0, 0.05) is 11.6 Å². The Labute approximate surface area is 106 Å². The Balaban J connectivity index is 2.13. The minimum Gasteiger partial charge on any atom is -0.294 e. The van der Waals surface area contributed by atoms with E-state index in [-0.39, 0.29) is 5.92 Å². The molecule has 0 radical (unpaired) electrons. The molecule has 3 unspecified atom stereocenters. The summed E-state index contributed by atoms with van der Waals surface area (Å²) in [4.78, 5) is 2.64. The standard InChI is InChI=1S/C15H26N2/c1-4-12-6-7-13(11-16)14(10-12)17-9-5-8-15(17,2)3/h12-14H,4-10H2,1-3H3. The molecule has 0 bridgehead atoms. The first-order valence-corrected chi connectivity index (χ1v) is 7.25. The maximum atomic E-state index is 9.37. The van der Waals surface area contributed by atoms with Crippen molar-refractivity contribution in [3.8, 4) is 6.07 Å². The van der Waals surface area contributed by atoms with E-state index in [1.807, 2.05) is 0 Å². The van der Waals surface area contributed by atoms with Crippen LogP contribution in [-0.2, 0) is 0 Å². The molecule has 2 aliphatic rings. The fourth-order valence-corrected chi connectivity index (χ4v) is 3.84. The predicted molar refractivity (Wildman–Crippen MR) is 70.5 cm³/mol. The molecule has 1 heterocycles. The Morgan fingerprint density at radius 1 is 1.35 bits per heavy atom. The molecule has 2 rings (SSSR count). The van der Waals surface area contributed by atoms with Gasteiger partial charge in [-0.1, -0.05) is 13.3 Å². The lowest BCUT2D eigenvalue weighted by molar-refractivity contribution is 0.0502. The first kappa shape index (κ1) is 12.9. The smallest absolute Gasteiger partial charge is 0.0672 e. The number of likely N-dealkylation sites (tertiary alicyclic amines) is 1. The van der Waals surface area contributed by atoms with Gasteiger partial charge in [-0.2, -0.15) is 5.26 Å². The fraction of sp³-hybridized carbons (Fsp3) is 0.933. The lowest BCUT2D eigenvalue weighted by Crippen LogP contribution is -2.50. The third kappa shape index (κ3) is 2.50. The van der Waals surface area contributed by atoms with Crippen molar-refractivity contribution < 1.29 is 0 Å². The van der Waals surface area contributed by atoms with Gasteiger partial charge in [-0.05, 0) is 58.4 Å². The van der Waals surface area contributed by atoms with Crippen LogP contribution in [-0.4, -0.2) is 23.0 Å². The highest BCUT2D eigenvalue weighted by Gasteiger charge is 2.42. The topological polar surface area (TPSA) is 27.0 Å². The number of hydrogen-bond donors (Lipinski definition) is 0. The van der Waals surface area contributed by atoms with Gasteiger partial charge in [-0.15, -0.1) is 0 Å². The van der Waals surface area contributed by atoms with Gasteiger partial charge in [0.05, 0.1) is 12.0 Å². The first-order valence-electron chi connectivity index (χ1n) is 7.25. The largest absolute Gasteiger partial charge is 0.294 e. The molecule has 1 aliphatic carbocycles. The van der Waals surface area contributed by atoms with Crippen LogP contribution in [0.2, 0.25) is 0 Å². The van der Waals surface area contributed by atoms with Crippen molar-refractivity contribution in [1.29, 1.82) is 5.26 Å². The Kier molecular flexibility index (Phi) is 3.78. The molecule has 96 valence electrons. The van der Waals surface area contributed by atoms with Gasteiger partial charge in [0.2, 0.25) is 0 Å². The summed E-state index contributed by atoms with van der Waals surface area (Å²) in [6.45, 7) is 8.20. The third-order valence-corrected chi connectivity index (χ3v) is 5.03. The average Bonchev–Trinajstić information content (AvgIpc) is 2.68. The van der Waals surface area contributed by atoms with Crippen LogP contribution in [0.5, 0.6) is 0 Å². The molecule has 0 spiro atoms. The minimum atomic E-state index is 0.273. The Hall–Kier alpha value is -0.550. The summed E-state index contributed by atoms with van der Waals surface area (Å²) in [5, 5.41) is 9.37. The summed E-state index contributed by atoms with van der Waals surface area (Å²) in [5.74, 6) is 1.12. The first-order chi connectivity index (χ1) is 8.08. The highest BCUT2D eigenvalue weighted by molar-refractivity contribution is 5.02. The normalized spacial score (nSPS) is 37.9. The Morgan fingerprint density at radius 2 is 2.12 bits per heavy atom. The molecule has 0 aromatic heterocycles. The van der Waals surface area contributed by atoms with Crippen molar-refractivity contribution in [2.24, 2.45) is 11.8 Å². The minimum absolute atomic E-state index is 0.273. The second-order valence-corrected chi connectivity index (χ2v) is 6.50. The van der Waals surface area contributed by atoms with E-state index in [0.717, 1.165) is 12.3 Å². The van der Waals surface area contributed by atoms with E-state index in [2.05, 4.69) is 31.7 Å². The molecule has 2 fully saturated rings. The maximum Gasteiger partial charge on any atom is 0.0672 e. The molecule has 1 saturated heterocycles. The van der Waals surface area contributed by atoms with Gasteiger partial charge >= 0.3 is 0 Å². The average molecular weight is 234 g/mol. The van der Waals surface area contributed by atoms with E-state index < -0.39 is 0 Å². The van der Waals surface area contributed by atoms with Gasteiger partial charge in [0.25, 0.3) is 0 Å². The van der Waals surface area contributed by atoms with Crippen molar-refractivity contribution in [1.82, 2.24) is 4.90 Å². The molecule has 0 aromatic rings. The van der Waals surface area contributed by atoms with Crippen LogP contribution in [0.3, 0.4) is 0 Å². The second kappa shape index (κ2) is 4.98. The van der Waals surface area contributed by atoms with Crippen LogP contribution < -0.4 is 0 Å². The van der Waals surface area contributed by atoms with Crippen molar-refractivity contribution >= 4 is 0 Å². The van der Waals surface area contributed by atoms with Crippen molar-refractivity contribution in [2.45, 2.75) is 70.9 Å². The van der Waals surface area contributed by atoms with Crippen LogP contribution in [0, 0.1) is 23.2 Å². The molecule has 0 amide bonds. The zero-order valence-electron chi connectivity index (χ0n) is 11.6. The molecular formula is C15H26N2. The molecule has 1 aliphatic heterocycles. The Morgan fingerprint density at radius 3 is 2.65 bits per heavy atom. The van der Waals surface area contributed by atoms with Crippen LogP contribution >= 0.6 is 0 Å². The molecule has 3 atom stereocenters. The predicted octanol–water partition coefficient (Wildman–Crippen LogP) is 3.58. The zero-order valence-corrected chi connectivity index (χ0v) is 11.6. The molecule has 1 saturated carbocycles. The maximum absolute atomic E-state index is 9.37. The SMILES string of the molecule is CCC1CCC(C#N)C(N2CCCC2(C)C)C1. The van der Waals surface area contributed by atoms with Crippen LogP contribution in [0.4, 0.5) is 0 Å². The molecule has 2 nitrogen and oxygen atoms in total. The lowest BCUT2D eigenvalue weighted by Gasteiger charge is -2.44. The van der Waals surface area contributed by atoms with Gasteiger partial charge < -0.3 is 0 Å². The summed E-state index contributed by atoms with van der Waals surface area (Å²) in [6.07, 6.45) is 7.50. The highest BCUT2D eigenvalue weighted by Crippen LogP contribution is 2.40. The number of rotatable bonds is 2. The van der Waals surface area contributed by atoms with E-state index in [0.29, 0.717) is 11.6 Å². The summed E-state index contributed by atoms with van der Waals surface area (Å²) in [6, 6.07) is 3.10. The van der Waals surface area contributed by atoms with E-state index in [1.54, 1.807) is 0 Å². The zero-order chi connectivity index (χ0) is 12.5. The number of hydrogen-bond acceptors (Lipinski definition) is 2. The third-order valence-electron chi connectivity index (χ3n) is 5.03. The van der Waals surface area contributed by atoms with Crippen molar-refractivity contribution in [3.05, 3.63) is 0 Å². The van der Waals surface area contributed by atoms with Crippen LogP contribution in [0.1, 0.15) is 59.3 Å². The molecule has 17 heavy (non-hydrogen) atoms. The number of nitrogens with zero attached hydrogens (tertiary/aromatic N) is 2. The molecule has 2 heteroatoms. The highest BCUT2D eigenvalue weighted by atomic mass is 15.2. The fourth-order valence-electron chi connectivity index (χ4n) is 3.84. The van der Waals surface area contributed by atoms with Crippen LogP contribution in [0.15, 0.2) is 0 Å². The summed E-state index contributed by atoms with van der Waals surface area (Å²) in [7, 11) is 0. The molecular weight excluding hydrogens is 208 g/mol. The summed E-state index contributed by atoms with van der Waals surface area (Å²) in [5.41, 5.74) is 0.315. The second-order valence-electron chi connectivity index (χ2n) is 6.50. The van der Waals surface area contributed by atoms with Gasteiger partial charge in [-0.25, -0.2) is 0 Å². The lowest BCUT2D eigenvalue weighted by atomic mass is 9.76. The van der Waals surface area contributed by atoms with Crippen LogP contribution in [0.25, 0.3) is 0 Å². The van der Waals surface area contributed by atoms with Crippen molar-refractivity contribution in [3.63, 3.8) is 0 Å². The van der Waals surface area contributed by atoms with E-state index >= 15 is 0 Å². The molecule has 0 aromatic carbocycles. The van der Waals surface area contributed by atoms with E-state index in [4.69, 9.17) is 0 Å². The van der Waals surface area contributed by atoms with Crippen molar-refractivity contribution in [2.75, 3.05) is 6.54 Å². The van der Waals surface area contributed by atoms with Gasteiger partial charge in [0.15, 0.2) is 0 Å². The number of nitriles is 1. The van der Waals surface area contributed by atoms with Gasteiger partial charge in [-0.3, -0.25) is 4.90 Å². The monoisotopic (exact) mass is 234 g/mol.